The van der Waals surface area contributed by atoms with Crippen molar-refractivity contribution in [3.8, 4) is 5.75 Å². The van der Waals surface area contributed by atoms with Crippen LogP contribution in [0, 0.1) is 0 Å². The first-order chi connectivity index (χ1) is 11.5. The van der Waals surface area contributed by atoms with Crippen LogP contribution in [-0.4, -0.2) is 21.5 Å². The predicted octanol–water partition coefficient (Wildman–Crippen LogP) is 3.03. The molecule has 0 aliphatic heterocycles. The zero-order valence-electron chi connectivity index (χ0n) is 12.6. The average Bonchev–Trinajstić information content (AvgIpc) is 3.04. The summed E-state index contributed by atoms with van der Waals surface area (Å²) in [5.74, 6) is 0.0464. The van der Waals surface area contributed by atoms with Crippen LogP contribution in [0.2, 0.25) is 0 Å². The molecule has 0 aliphatic rings. The molecule has 0 bridgehead atoms. The normalized spacial score (nSPS) is 12.1. The molecule has 0 saturated heterocycles. The van der Waals surface area contributed by atoms with Gasteiger partial charge in [0.15, 0.2) is 11.1 Å². The number of hydrogen-bond acceptors (Lipinski definition) is 6. The highest BCUT2D eigenvalue weighted by Crippen LogP contribution is 2.17. The molecule has 3 rings (SSSR count). The van der Waals surface area contributed by atoms with E-state index in [1.807, 2.05) is 12.1 Å². The maximum Gasteiger partial charge on any atom is 0.347 e. The van der Waals surface area contributed by atoms with Gasteiger partial charge in [0.05, 0.1) is 5.69 Å². The molecular formula is C16H13BrN2O4S. The van der Waals surface area contributed by atoms with Crippen molar-refractivity contribution in [3.63, 3.8) is 0 Å². The number of thiazole rings is 1. The SMILES string of the molecule is CC(Oc1ccc(Br)cc1)C(=O)OCc1cc(=O)n2ccsc2n1. The molecule has 1 atom stereocenters. The van der Waals surface area contributed by atoms with Gasteiger partial charge in [0, 0.05) is 22.1 Å². The first-order valence-corrected chi connectivity index (χ1v) is 8.75. The maximum absolute atomic E-state index is 12.0. The highest BCUT2D eigenvalue weighted by Gasteiger charge is 2.17. The standard InChI is InChI=1S/C16H13BrN2O4S/c1-10(23-13-4-2-11(17)3-5-13)15(21)22-9-12-8-14(20)19-6-7-24-16(19)18-12/h2-8,10H,9H2,1H3. The Balaban J connectivity index is 1.61. The van der Waals surface area contributed by atoms with E-state index in [2.05, 4.69) is 20.9 Å². The van der Waals surface area contributed by atoms with Crippen LogP contribution in [0.15, 0.2) is 51.2 Å². The molecule has 1 unspecified atom stereocenters. The summed E-state index contributed by atoms with van der Waals surface area (Å²) in [5, 5.41) is 1.77. The third-order valence-electron chi connectivity index (χ3n) is 3.18. The molecule has 3 aromatic rings. The minimum Gasteiger partial charge on any atom is -0.479 e. The van der Waals surface area contributed by atoms with Crippen LogP contribution in [0.1, 0.15) is 12.6 Å². The molecule has 0 N–H and O–H groups in total. The minimum atomic E-state index is -0.766. The molecule has 24 heavy (non-hydrogen) atoms. The number of aromatic nitrogens is 2. The van der Waals surface area contributed by atoms with E-state index in [0.29, 0.717) is 16.4 Å². The lowest BCUT2D eigenvalue weighted by Crippen LogP contribution is -2.26. The summed E-state index contributed by atoms with van der Waals surface area (Å²) in [6, 6.07) is 8.50. The summed E-state index contributed by atoms with van der Waals surface area (Å²) in [6.07, 6.45) is 0.886. The molecule has 0 fully saturated rings. The van der Waals surface area contributed by atoms with Crippen molar-refractivity contribution in [1.82, 2.24) is 9.38 Å². The number of carbonyl (C=O) groups is 1. The molecule has 0 spiro atoms. The van der Waals surface area contributed by atoms with Crippen molar-refractivity contribution >= 4 is 38.2 Å². The third kappa shape index (κ3) is 3.82. The Labute approximate surface area is 149 Å². The average molecular weight is 409 g/mol. The Kier molecular flexibility index (Phi) is 4.96. The number of ether oxygens (including phenoxy) is 2. The van der Waals surface area contributed by atoms with Crippen LogP contribution in [0.4, 0.5) is 0 Å². The molecule has 0 saturated carbocycles. The Morgan fingerprint density at radius 1 is 1.38 bits per heavy atom. The van der Waals surface area contributed by atoms with Gasteiger partial charge >= 0.3 is 5.97 Å². The number of carbonyl (C=O) groups excluding carboxylic acids is 1. The Hall–Kier alpha value is -2.19. The number of benzene rings is 1. The van der Waals surface area contributed by atoms with Gasteiger partial charge in [-0.3, -0.25) is 9.20 Å². The highest BCUT2D eigenvalue weighted by atomic mass is 79.9. The summed E-state index contributed by atoms with van der Waals surface area (Å²) in [6.45, 7) is 1.53. The fraction of sp³-hybridized carbons (Fsp3) is 0.188. The monoisotopic (exact) mass is 408 g/mol. The number of esters is 1. The highest BCUT2D eigenvalue weighted by molar-refractivity contribution is 9.10. The molecule has 0 amide bonds. The van der Waals surface area contributed by atoms with Crippen LogP contribution >= 0.6 is 27.3 Å². The number of nitrogens with zero attached hydrogens (tertiary/aromatic N) is 2. The third-order valence-corrected chi connectivity index (χ3v) is 4.46. The topological polar surface area (TPSA) is 69.9 Å². The van der Waals surface area contributed by atoms with Gasteiger partial charge in [0.1, 0.15) is 12.4 Å². The van der Waals surface area contributed by atoms with E-state index in [9.17, 15) is 9.59 Å². The van der Waals surface area contributed by atoms with Crippen molar-refractivity contribution in [3.05, 3.63) is 62.4 Å². The van der Waals surface area contributed by atoms with Crippen molar-refractivity contribution < 1.29 is 14.3 Å². The Morgan fingerprint density at radius 2 is 2.12 bits per heavy atom. The molecule has 1 aromatic carbocycles. The van der Waals surface area contributed by atoms with Crippen molar-refractivity contribution in [2.75, 3.05) is 0 Å². The number of rotatable bonds is 5. The number of fused-ring (bicyclic) bond motifs is 1. The molecule has 124 valence electrons. The number of halogens is 1. The summed E-state index contributed by atoms with van der Waals surface area (Å²) in [4.78, 5) is 28.7. The second-order valence-electron chi connectivity index (χ2n) is 4.96. The van der Waals surface area contributed by atoms with Crippen molar-refractivity contribution in [1.29, 1.82) is 0 Å². The van der Waals surface area contributed by atoms with Crippen LogP contribution in [0.25, 0.3) is 4.96 Å². The van der Waals surface area contributed by atoms with E-state index in [0.717, 1.165) is 4.47 Å². The lowest BCUT2D eigenvalue weighted by molar-refractivity contribution is -0.152. The summed E-state index contributed by atoms with van der Waals surface area (Å²) in [7, 11) is 0. The zero-order valence-corrected chi connectivity index (χ0v) is 15.0. The van der Waals surface area contributed by atoms with E-state index in [1.54, 1.807) is 30.6 Å². The van der Waals surface area contributed by atoms with E-state index >= 15 is 0 Å². The van der Waals surface area contributed by atoms with Gasteiger partial charge in [-0.05, 0) is 31.2 Å². The summed E-state index contributed by atoms with van der Waals surface area (Å²) >= 11 is 4.67. The Morgan fingerprint density at radius 3 is 2.88 bits per heavy atom. The van der Waals surface area contributed by atoms with Gasteiger partial charge in [0.2, 0.25) is 0 Å². The second kappa shape index (κ2) is 7.14. The largest absolute Gasteiger partial charge is 0.479 e. The predicted molar refractivity (Wildman–Crippen MR) is 93.4 cm³/mol. The molecular weight excluding hydrogens is 396 g/mol. The van der Waals surface area contributed by atoms with Gasteiger partial charge in [-0.15, -0.1) is 11.3 Å². The summed E-state index contributed by atoms with van der Waals surface area (Å²) < 4.78 is 13.1. The van der Waals surface area contributed by atoms with E-state index in [-0.39, 0.29) is 12.2 Å². The molecule has 0 aliphatic carbocycles. The van der Waals surface area contributed by atoms with Crippen LogP contribution < -0.4 is 10.3 Å². The van der Waals surface area contributed by atoms with Gasteiger partial charge in [-0.25, -0.2) is 9.78 Å². The van der Waals surface area contributed by atoms with Crippen molar-refractivity contribution in [2.24, 2.45) is 0 Å². The second-order valence-corrected chi connectivity index (χ2v) is 6.75. The Bertz CT molecular complexity index is 920. The van der Waals surface area contributed by atoms with Gasteiger partial charge in [0.25, 0.3) is 5.56 Å². The fourth-order valence-corrected chi connectivity index (χ4v) is 2.99. The van der Waals surface area contributed by atoms with Gasteiger partial charge in [-0.1, -0.05) is 15.9 Å². The lowest BCUT2D eigenvalue weighted by Gasteiger charge is -2.13. The fourth-order valence-electron chi connectivity index (χ4n) is 1.99. The molecule has 2 aromatic heterocycles. The van der Waals surface area contributed by atoms with E-state index in [1.165, 1.54) is 21.8 Å². The van der Waals surface area contributed by atoms with Crippen LogP contribution in [-0.2, 0) is 16.1 Å². The smallest absolute Gasteiger partial charge is 0.347 e. The zero-order chi connectivity index (χ0) is 17.1. The maximum atomic E-state index is 12.0. The summed E-state index contributed by atoms with van der Waals surface area (Å²) in [5.41, 5.74) is 0.207. The molecule has 6 nitrogen and oxygen atoms in total. The van der Waals surface area contributed by atoms with Gasteiger partial charge in [-0.2, -0.15) is 0 Å². The first-order valence-electron chi connectivity index (χ1n) is 7.07. The van der Waals surface area contributed by atoms with Crippen LogP contribution in [0.3, 0.4) is 0 Å². The molecule has 0 radical (unpaired) electrons. The minimum absolute atomic E-state index is 0.0729. The molecule has 2 heterocycles. The quantitative estimate of drug-likeness (QED) is 0.606. The number of hydrogen-bond donors (Lipinski definition) is 0. The van der Waals surface area contributed by atoms with Crippen LogP contribution in [0.5, 0.6) is 5.75 Å². The van der Waals surface area contributed by atoms with E-state index in [4.69, 9.17) is 9.47 Å². The van der Waals surface area contributed by atoms with E-state index < -0.39 is 12.1 Å². The van der Waals surface area contributed by atoms with Crippen molar-refractivity contribution in [2.45, 2.75) is 19.6 Å². The molecule has 8 heteroatoms. The first kappa shape index (κ1) is 16.7. The van der Waals surface area contributed by atoms with Gasteiger partial charge < -0.3 is 9.47 Å². The lowest BCUT2D eigenvalue weighted by atomic mass is 10.3.